The summed E-state index contributed by atoms with van der Waals surface area (Å²) in [6, 6.07) is 0. The monoisotopic (exact) mass is 280 g/mol. The van der Waals surface area contributed by atoms with Crippen molar-refractivity contribution in [2.45, 2.75) is 19.8 Å². The zero-order valence-electron chi connectivity index (χ0n) is 12.6. The Morgan fingerprint density at radius 1 is 1.50 bits per heavy atom. The molecule has 1 amide bonds. The van der Waals surface area contributed by atoms with Gasteiger partial charge in [0.15, 0.2) is 0 Å². The molecule has 2 heterocycles. The van der Waals surface area contributed by atoms with Crippen LogP contribution in [0.15, 0.2) is 6.20 Å². The van der Waals surface area contributed by atoms with Crippen LogP contribution >= 0.6 is 0 Å². The van der Waals surface area contributed by atoms with E-state index in [-0.39, 0.29) is 11.8 Å². The van der Waals surface area contributed by atoms with E-state index in [1.165, 1.54) is 0 Å². The molecule has 20 heavy (non-hydrogen) atoms. The average molecular weight is 280 g/mol. The molecule has 0 unspecified atom stereocenters. The first-order valence-corrected chi connectivity index (χ1v) is 7.12. The third-order valence-corrected chi connectivity index (χ3v) is 4.06. The van der Waals surface area contributed by atoms with E-state index in [1.54, 1.807) is 18.0 Å². The normalized spacial score (nSPS) is 17.4. The van der Waals surface area contributed by atoms with Crippen molar-refractivity contribution in [1.29, 1.82) is 0 Å². The number of carbonyl (C=O) groups is 1. The van der Waals surface area contributed by atoms with Crippen LogP contribution in [0.1, 0.15) is 18.5 Å². The minimum Gasteiger partial charge on any atom is -0.383 e. The van der Waals surface area contributed by atoms with Gasteiger partial charge >= 0.3 is 0 Å². The summed E-state index contributed by atoms with van der Waals surface area (Å²) in [4.78, 5) is 14.6. The predicted molar refractivity (Wildman–Crippen MR) is 77.6 cm³/mol. The lowest BCUT2D eigenvalue weighted by Gasteiger charge is -2.30. The second kappa shape index (κ2) is 6.85. The summed E-state index contributed by atoms with van der Waals surface area (Å²) < 4.78 is 6.85. The zero-order chi connectivity index (χ0) is 14.5. The quantitative estimate of drug-likeness (QED) is 0.875. The molecule has 6 nitrogen and oxygen atoms in total. The summed E-state index contributed by atoms with van der Waals surface area (Å²) in [5.74, 6) is 0.223. The number of piperidine rings is 1. The number of ether oxygens (including phenoxy) is 1. The van der Waals surface area contributed by atoms with Gasteiger partial charge in [-0.15, -0.1) is 0 Å². The molecule has 1 aromatic rings. The van der Waals surface area contributed by atoms with Crippen molar-refractivity contribution in [2.24, 2.45) is 13.0 Å². The Kier molecular flexibility index (Phi) is 5.14. The topological polar surface area (TPSA) is 59.4 Å². The molecule has 0 radical (unpaired) electrons. The Hall–Kier alpha value is -1.40. The standard InChI is InChI=1S/C14H24N4O2/c1-11-13(10-15-17(11)2)16-14(19)12-4-6-18(7-5-12)8-9-20-3/h10,12H,4-9H2,1-3H3,(H,16,19). The third kappa shape index (κ3) is 3.58. The number of likely N-dealkylation sites (tertiary alicyclic amines) is 1. The van der Waals surface area contributed by atoms with Gasteiger partial charge in [-0.2, -0.15) is 5.10 Å². The molecule has 112 valence electrons. The van der Waals surface area contributed by atoms with Crippen molar-refractivity contribution in [3.8, 4) is 0 Å². The Morgan fingerprint density at radius 3 is 2.75 bits per heavy atom. The van der Waals surface area contributed by atoms with Crippen LogP contribution in [0.4, 0.5) is 5.69 Å². The number of rotatable bonds is 5. The summed E-state index contributed by atoms with van der Waals surface area (Å²) in [6.45, 7) is 5.59. The van der Waals surface area contributed by atoms with Gasteiger partial charge in [0.1, 0.15) is 0 Å². The molecule has 1 aromatic heterocycles. The van der Waals surface area contributed by atoms with Crippen LogP contribution in [0.5, 0.6) is 0 Å². The number of aryl methyl sites for hydroxylation is 1. The molecule has 1 aliphatic rings. The van der Waals surface area contributed by atoms with Gasteiger partial charge in [-0.1, -0.05) is 0 Å². The summed E-state index contributed by atoms with van der Waals surface area (Å²) in [7, 11) is 3.59. The highest BCUT2D eigenvalue weighted by Crippen LogP contribution is 2.20. The Morgan fingerprint density at radius 2 is 2.20 bits per heavy atom. The lowest BCUT2D eigenvalue weighted by atomic mass is 9.96. The number of aromatic nitrogens is 2. The van der Waals surface area contributed by atoms with Gasteiger partial charge in [-0.3, -0.25) is 9.48 Å². The number of carbonyl (C=O) groups excluding carboxylic acids is 1. The second-order valence-electron chi connectivity index (χ2n) is 5.37. The van der Waals surface area contributed by atoms with Crippen molar-refractivity contribution in [1.82, 2.24) is 14.7 Å². The van der Waals surface area contributed by atoms with Crippen LogP contribution < -0.4 is 5.32 Å². The van der Waals surface area contributed by atoms with Crippen molar-refractivity contribution in [2.75, 3.05) is 38.7 Å². The van der Waals surface area contributed by atoms with Gasteiger partial charge in [0.25, 0.3) is 0 Å². The van der Waals surface area contributed by atoms with Crippen molar-refractivity contribution < 1.29 is 9.53 Å². The van der Waals surface area contributed by atoms with Crippen molar-refractivity contribution >= 4 is 11.6 Å². The fourth-order valence-electron chi connectivity index (χ4n) is 2.50. The number of nitrogens with one attached hydrogen (secondary N) is 1. The molecule has 0 saturated carbocycles. The van der Waals surface area contributed by atoms with Crippen LogP contribution in [0.3, 0.4) is 0 Å². The largest absolute Gasteiger partial charge is 0.383 e. The molecule has 2 rings (SSSR count). The number of methoxy groups -OCH3 is 1. The molecule has 1 aliphatic heterocycles. The molecule has 1 N–H and O–H groups in total. The van der Waals surface area contributed by atoms with E-state index in [0.29, 0.717) is 0 Å². The Balaban J connectivity index is 1.81. The maximum atomic E-state index is 12.3. The molecular weight excluding hydrogens is 256 g/mol. The maximum absolute atomic E-state index is 12.3. The van der Waals surface area contributed by atoms with Crippen molar-refractivity contribution in [3.05, 3.63) is 11.9 Å². The molecule has 1 fully saturated rings. The first-order valence-electron chi connectivity index (χ1n) is 7.12. The van der Waals surface area contributed by atoms with E-state index in [1.807, 2.05) is 14.0 Å². The highest BCUT2D eigenvalue weighted by atomic mass is 16.5. The predicted octanol–water partition coefficient (Wildman–Crippen LogP) is 1.03. The zero-order valence-corrected chi connectivity index (χ0v) is 12.6. The average Bonchev–Trinajstić information content (AvgIpc) is 2.77. The number of anilines is 1. The van der Waals surface area contributed by atoms with E-state index in [9.17, 15) is 4.79 Å². The number of hydrogen-bond acceptors (Lipinski definition) is 4. The lowest BCUT2D eigenvalue weighted by molar-refractivity contribution is -0.121. The van der Waals surface area contributed by atoms with E-state index < -0.39 is 0 Å². The molecule has 0 atom stereocenters. The van der Waals surface area contributed by atoms with E-state index in [4.69, 9.17) is 4.74 Å². The second-order valence-corrected chi connectivity index (χ2v) is 5.37. The molecule has 0 spiro atoms. The summed E-state index contributed by atoms with van der Waals surface area (Å²) >= 11 is 0. The van der Waals surface area contributed by atoms with Crippen molar-refractivity contribution in [3.63, 3.8) is 0 Å². The first kappa shape index (κ1) is 15.0. The fourth-order valence-corrected chi connectivity index (χ4v) is 2.50. The molecule has 1 saturated heterocycles. The van der Waals surface area contributed by atoms with Gasteiger partial charge in [-0.05, 0) is 32.9 Å². The number of hydrogen-bond donors (Lipinski definition) is 1. The fraction of sp³-hybridized carbons (Fsp3) is 0.714. The Bertz CT molecular complexity index is 450. The van der Waals surface area contributed by atoms with Gasteiger partial charge in [0.2, 0.25) is 5.91 Å². The highest BCUT2D eigenvalue weighted by Gasteiger charge is 2.25. The van der Waals surface area contributed by atoms with Crippen LogP contribution in [-0.2, 0) is 16.6 Å². The molecule has 0 aromatic carbocycles. The Labute approximate surface area is 120 Å². The molecule has 0 bridgehead atoms. The van der Waals surface area contributed by atoms with Gasteiger partial charge < -0.3 is 15.0 Å². The minimum atomic E-state index is 0.105. The molecule has 6 heteroatoms. The number of nitrogens with zero attached hydrogens (tertiary/aromatic N) is 3. The SMILES string of the molecule is COCCN1CCC(C(=O)Nc2cnn(C)c2C)CC1. The minimum absolute atomic E-state index is 0.105. The number of amides is 1. The molecular formula is C14H24N4O2. The maximum Gasteiger partial charge on any atom is 0.227 e. The summed E-state index contributed by atoms with van der Waals surface area (Å²) in [5, 5.41) is 7.13. The van der Waals surface area contributed by atoms with Gasteiger partial charge in [0, 0.05) is 26.6 Å². The van der Waals surface area contributed by atoms with E-state index in [2.05, 4.69) is 15.3 Å². The summed E-state index contributed by atoms with van der Waals surface area (Å²) in [6.07, 6.45) is 3.53. The van der Waals surface area contributed by atoms with Crippen LogP contribution in [-0.4, -0.2) is 53.9 Å². The third-order valence-electron chi connectivity index (χ3n) is 4.06. The van der Waals surface area contributed by atoms with Crippen LogP contribution in [0.25, 0.3) is 0 Å². The molecule has 0 aliphatic carbocycles. The summed E-state index contributed by atoms with van der Waals surface area (Å²) in [5.41, 5.74) is 1.80. The first-order chi connectivity index (χ1) is 9.61. The van der Waals surface area contributed by atoms with Gasteiger partial charge in [0.05, 0.1) is 24.2 Å². The lowest BCUT2D eigenvalue weighted by Crippen LogP contribution is -2.39. The van der Waals surface area contributed by atoms with Gasteiger partial charge in [-0.25, -0.2) is 0 Å². The van der Waals surface area contributed by atoms with Crippen LogP contribution in [0, 0.1) is 12.8 Å². The van der Waals surface area contributed by atoms with E-state index >= 15 is 0 Å². The van der Waals surface area contributed by atoms with E-state index in [0.717, 1.165) is 50.5 Å². The highest BCUT2D eigenvalue weighted by molar-refractivity contribution is 5.93. The van der Waals surface area contributed by atoms with Crippen LogP contribution in [0.2, 0.25) is 0 Å². The smallest absolute Gasteiger partial charge is 0.227 e.